The van der Waals surface area contributed by atoms with Gasteiger partial charge in [0.1, 0.15) is 49.3 Å². The average molecular weight is 973 g/mol. The number of aryl methyl sites for hydroxylation is 1. The molecule has 9 aromatic rings. The fourth-order valence-corrected chi connectivity index (χ4v) is 9.52. The van der Waals surface area contributed by atoms with Gasteiger partial charge in [0.25, 0.3) is 5.91 Å². The number of hydrogen-bond acceptors (Lipinski definition) is 9. The summed E-state index contributed by atoms with van der Waals surface area (Å²) in [7, 11) is -2.78. The first-order chi connectivity index (χ1) is 34.4. The van der Waals surface area contributed by atoms with Gasteiger partial charge in [-0.1, -0.05) is 115 Å². The highest BCUT2D eigenvalue weighted by Crippen LogP contribution is 2.41. The second-order valence-corrected chi connectivity index (χ2v) is 18.3. The number of halogens is 2. The van der Waals surface area contributed by atoms with E-state index in [4.69, 9.17) is 14.2 Å². The van der Waals surface area contributed by atoms with Gasteiger partial charge in [-0.15, -0.1) is 0 Å². The Balaban J connectivity index is 0.880. The van der Waals surface area contributed by atoms with E-state index in [1.807, 2.05) is 71.5 Å². The standard InChI is InChI=1S/C54H42F2N6O8S/c1-60-45-28-42(43(55)29-46(45)62(54(60)65)44-23-24-50(69-32-36-13-7-3-8-14-36)58-53(44)70-33-37-15-9-4-10-16-37)38-19-17-34(18-20-38)25-48(63)57-40-21-22-41-39(26-40)27-47(68-31-35-11-5-2-6-12-35)52(51(41)56)61-30-49(64)59-71(61,66)67/h2-24,26-29H,25,30-33H2,1H3,(H,57,63)(H,59,64). The van der Waals surface area contributed by atoms with Crippen molar-refractivity contribution >= 4 is 55.2 Å². The largest absolute Gasteiger partial charge is 0.487 e. The number of fused-ring (bicyclic) bond motifs is 2. The lowest BCUT2D eigenvalue weighted by Gasteiger charge is -2.21. The molecule has 0 atom stereocenters. The second kappa shape index (κ2) is 19.3. The summed E-state index contributed by atoms with van der Waals surface area (Å²) in [6.45, 7) is -0.246. The van der Waals surface area contributed by atoms with E-state index in [0.29, 0.717) is 37.7 Å². The number of benzene rings is 7. The molecule has 17 heteroatoms. The van der Waals surface area contributed by atoms with Crippen LogP contribution in [0.25, 0.3) is 38.6 Å². The van der Waals surface area contributed by atoms with E-state index in [0.717, 1.165) is 16.7 Å². The molecule has 1 aliphatic heterocycles. The van der Waals surface area contributed by atoms with E-state index in [1.54, 1.807) is 73.8 Å². The van der Waals surface area contributed by atoms with E-state index in [9.17, 15) is 22.8 Å². The topological polar surface area (TPSA) is 163 Å². The van der Waals surface area contributed by atoms with Gasteiger partial charge in [0.05, 0.1) is 17.5 Å². The molecule has 0 bridgehead atoms. The molecule has 1 fully saturated rings. The van der Waals surface area contributed by atoms with Crippen LogP contribution >= 0.6 is 0 Å². The van der Waals surface area contributed by atoms with Crippen molar-refractivity contribution in [2.75, 3.05) is 16.2 Å². The van der Waals surface area contributed by atoms with Crippen LogP contribution in [0.1, 0.15) is 22.3 Å². The molecule has 356 valence electrons. The SMILES string of the molecule is Cn1c(=O)n(-c2ccc(OCc3ccccc3)nc2OCc2ccccc2)c2cc(F)c(-c3ccc(CC(=O)Nc4ccc5c(F)c(N6CC(=O)NS6(=O)=O)c(OCc6ccccc6)cc5c4)cc3)cc21. The number of nitrogens with zero attached hydrogens (tertiary/aromatic N) is 4. The molecule has 0 unspecified atom stereocenters. The van der Waals surface area contributed by atoms with Gasteiger partial charge in [-0.2, -0.15) is 13.4 Å². The van der Waals surface area contributed by atoms with Gasteiger partial charge in [0, 0.05) is 35.8 Å². The maximum absolute atomic E-state index is 16.3. The molecular weight excluding hydrogens is 931 g/mol. The third kappa shape index (κ3) is 9.62. The van der Waals surface area contributed by atoms with Crippen LogP contribution in [0.15, 0.2) is 169 Å². The summed E-state index contributed by atoms with van der Waals surface area (Å²) in [6.07, 6.45) is -0.0669. The predicted molar refractivity (Wildman–Crippen MR) is 265 cm³/mol. The Labute approximate surface area is 405 Å². The van der Waals surface area contributed by atoms with Gasteiger partial charge in [-0.25, -0.2) is 22.6 Å². The zero-order valence-corrected chi connectivity index (χ0v) is 38.7. The Hall–Kier alpha value is -8.83. The van der Waals surface area contributed by atoms with Crippen molar-refractivity contribution in [3.63, 3.8) is 0 Å². The minimum absolute atomic E-state index is 0.0238. The van der Waals surface area contributed by atoms with E-state index < -0.39 is 51.6 Å². The normalized spacial score (nSPS) is 13.1. The van der Waals surface area contributed by atoms with Crippen molar-refractivity contribution in [3.8, 4) is 34.3 Å². The molecule has 1 saturated heterocycles. The van der Waals surface area contributed by atoms with Crippen LogP contribution < -0.4 is 34.2 Å². The van der Waals surface area contributed by atoms with Crippen LogP contribution in [-0.4, -0.2) is 40.9 Å². The number of imidazole rings is 1. The summed E-state index contributed by atoms with van der Waals surface area (Å²) in [5.41, 5.74) is 4.40. The molecule has 3 heterocycles. The van der Waals surface area contributed by atoms with Gasteiger partial charge in [0.2, 0.25) is 17.7 Å². The third-order valence-corrected chi connectivity index (χ3v) is 13.3. The van der Waals surface area contributed by atoms with Gasteiger partial charge < -0.3 is 19.5 Å². The minimum atomic E-state index is -4.38. The number of carbonyl (C=O) groups excluding carboxylic acids is 2. The van der Waals surface area contributed by atoms with E-state index in [1.165, 1.54) is 39.5 Å². The molecular formula is C54H42F2N6O8S. The predicted octanol–water partition coefficient (Wildman–Crippen LogP) is 8.92. The van der Waals surface area contributed by atoms with E-state index in [2.05, 4.69) is 10.3 Å². The summed E-state index contributed by atoms with van der Waals surface area (Å²) < 4.78 is 81.8. The first-order valence-corrected chi connectivity index (χ1v) is 23.7. The molecule has 2 N–H and O–H groups in total. The monoisotopic (exact) mass is 972 g/mol. The lowest BCUT2D eigenvalue weighted by molar-refractivity contribution is -0.117. The Morgan fingerprint density at radius 3 is 1.97 bits per heavy atom. The molecule has 0 spiro atoms. The van der Waals surface area contributed by atoms with Crippen LogP contribution in [0.3, 0.4) is 0 Å². The molecule has 1 aliphatic rings. The summed E-state index contributed by atoms with van der Waals surface area (Å²) in [6, 6.07) is 47.0. The van der Waals surface area contributed by atoms with Crippen molar-refractivity contribution in [3.05, 3.63) is 208 Å². The molecule has 14 nitrogen and oxygen atoms in total. The Bertz CT molecular complexity index is 3670. The van der Waals surface area contributed by atoms with Crippen molar-refractivity contribution in [1.29, 1.82) is 0 Å². The van der Waals surface area contributed by atoms with Gasteiger partial charge in [-0.05, 0) is 69.6 Å². The number of carbonyl (C=O) groups is 2. The summed E-state index contributed by atoms with van der Waals surface area (Å²) >= 11 is 0. The molecule has 71 heavy (non-hydrogen) atoms. The summed E-state index contributed by atoms with van der Waals surface area (Å²) in [5.74, 6) is -2.46. The number of amides is 2. The van der Waals surface area contributed by atoms with Gasteiger partial charge >= 0.3 is 15.9 Å². The minimum Gasteiger partial charge on any atom is -0.487 e. The smallest absolute Gasteiger partial charge is 0.333 e. The second-order valence-electron chi connectivity index (χ2n) is 16.7. The van der Waals surface area contributed by atoms with Gasteiger partial charge in [-0.3, -0.25) is 18.7 Å². The van der Waals surface area contributed by atoms with Crippen LogP contribution in [0.2, 0.25) is 0 Å². The molecule has 0 radical (unpaired) electrons. The maximum atomic E-state index is 16.3. The van der Waals surface area contributed by atoms with Crippen LogP contribution in [0.4, 0.5) is 20.2 Å². The van der Waals surface area contributed by atoms with E-state index in [-0.39, 0.29) is 60.2 Å². The summed E-state index contributed by atoms with van der Waals surface area (Å²) in [5, 5.41) is 3.16. The number of pyridine rings is 1. The Kier molecular flexibility index (Phi) is 12.5. The van der Waals surface area contributed by atoms with Crippen molar-refractivity contribution in [1.82, 2.24) is 18.8 Å². The first kappa shape index (κ1) is 45.9. The highest BCUT2D eigenvalue weighted by Gasteiger charge is 2.38. The number of hydrogen-bond donors (Lipinski definition) is 2. The quantitative estimate of drug-likeness (QED) is 0.102. The lowest BCUT2D eigenvalue weighted by Crippen LogP contribution is -2.30. The zero-order valence-electron chi connectivity index (χ0n) is 37.8. The lowest BCUT2D eigenvalue weighted by atomic mass is 10.0. The van der Waals surface area contributed by atoms with Crippen molar-refractivity contribution in [2.24, 2.45) is 7.05 Å². The number of ether oxygens (including phenoxy) is 3. The number of rotatable bonds is 15. The molecule has 2 amide bonds. The maximum Gasteiger partial charge on any atom is 0.333 e. The average Bonchev–Trinajstić information content (AvgIpc) is 3.79. The molecule has 0 saturated carbocycles. The molecule has 10 rings (SSSR count). The zero-order chi connectivity index (χ0) is 49.2. The third-order valence-electron chi connectivity index (χ3n) is 11.9. The Morgan fingerprint density at radius 1 is 0.704 bits per heavy atom. The Morgan fingerprint density at radius 2 is 1.34 bits per heavy atom. The highest BCUT2D eigenvalue weighted by atomic mass is 32.2. The van der Waals surface area contributed by atoms with Crippen molar-refractivity contribution in [2.45, 2.75) is 26.2 Å². The van der Waals surface area contributed by atoms with Crippen LogP contribution in [0.5, 0.6) is 17.5 Å². The van der Waals surface area contributed by atoms with Crippen LogP contribution in [-0.2, 0) is 53.1 Å². The first-order valence-electron chi connectivity index (χ1n) is 22.3. The van der Waals surface area contributed by atoms with E-state index >= 15 is 8.78 Å². The number of nitrogens with one attached hydrogen (secondary N) is 2. The number of anilines is 2. The molecule has 7 aromatic carbocycles. The summed E-state index contributed by atoms with van der Waals surface area (Å²) in [4.78, 5) is 44.2. The van der Waals surface area contributed by atoms with Crippen molar-refractivity contribution < 1.29 is 41.0 Å². The fraction of sp³-hybridized carbons (Fsp3) is 0.111. The highest BCUT2D eigenvalue weighted by molar-refractivity contribution is 7.92. The molecule has 2 aromatic heterocycles. The van der Waals surface area contributed by atoms with Gasteiger partial charge in [0.15, 0.2) is 5.82 Å². The number of aromatic nitrogens is 3. The molecule has 0 aliphatic carbocycles. The van der Waals surface area contributed by atoms with Crippen LogP contribution in [0, 0.1) is 11.6 Å². The fourth-order valence-electron chi connectivity index (χ4n) is 8.36.